The summed E-state index contributed by atoms with van der Waals surface area (Å²) < 4.78 is 6.43. The molecule has 0 bridgehead atoms. The van der Waals surface area contributed by atoms with E-state index < -0.39 is 0 Å². The molecule has 2 aliphatic carbocycles. The highest BCUT2D eigenvalue weighted by molar-refractivity contribution is 9.09. The fraction of sp³-hybridized carbons (Fsp3) is 0.682. The van der Waals surface area contributed by atoms with Crippen molar-refractivity contribution in [3.63, 3.8) is 0 Å². The Labute approximate surface area is 164 Å². The van der Waals surface area contributed by atoms with E-state index >= 15 is 0 Å². The second kappa shape index (κ2) is 6.54. The van der Waals surface area contributed by atoms with Gasteiger partial charge >= 0.3 is 0 Å². The highest BCUT2D eigenvalue weighted by Crippen LogP contribution is 2.56. The van der Waals surface area contributed by atoms with Crippen LogP contribution in [0.3, 0.4) is 0 Å². The van der Waals surface area contributed by atoms with Gasteiger partial charge in [0.2, 0.25) is 0 Å². The zero-order valence-electron chi connectivity index (χ0n) is 15.8. The van der Waals surface area contributed by atoms with Gasteiger partial charge in [0.05, 0.1) is 0 Å². The number of carbonyl (C=O) groups excluding carboxylic acids is 1. The third-order valence-electron chi connectivity index (χ3n) is 7.14. The smallest absolute Gasteiger partial charge is 0.133 e. The third-order valence-corrected chi connectivity index (χ3v) is 7.70. The first-order chi connectivity index (χ1) is 12.4. The second-order valence-electron chi connectivity index (χ2n) is 9.03. The first-order valence-corrected chi connectivity index (χ1v) is 11.1. The fourth-order valence-corrected chi connectivity index (χ4v) is 5.85. The number of rotatable bonds is 4. The van der Waals surface area contributed by atoms with E-state index in [9.17, 15) is 9.90 Å². The highest BCUT2D eigenvalue weighted by Gasteiger charge is 2.48. The largest absolute Gasteiger partial charge is 0.508 e. The molecule has 1 aliphatic heterocycles. The van der Waals surface area contributed by atoms with Crippen molar-refractivity contribution >= 4 is 21.7 Å². The van der Waals surface area contributed by atoms with E-state index in [4.69, 9.17) is 4.74 Å². The number of carbonyl (C=O) groups is 1. The van der Waals surface area contributed by atoms with Gasteiger partial charge in [-0.15, -0.1) is 0 Å². The molecule has 0 spiro atoms. The molecule has 26 heavy (non-hydrogen) atoms. The van der Waals surface area contributed by atoms with Gasteiger partial charge in [-0.1, -0.05) is 22.4 Å². The molecule has 1 aromatic carbocycles. The standard InChI is InChI=1S/C22H29BrO3/c1-21(2)17-6-5-15(24)13-16(17)20-18(25)11-14(12-19(20)26-21)22(7-3-8-22)9-4-10-23/h11-12,16-17,25H,3-10,13H2,1-2H3/t16-,17-/m1/s1. The Morgan fingerprint density at radius 3 is 2.73 bits per heavy atom. The molecule has 2 fully saturated rings. The number of Topliss-reactive ketones (excluding diaryl/α,β-unsaturated/α-hetero) is 1. The van der Waals surface area contributed by atoms with E-state index in [1.54, 1.807) is 0 Å². The van der Waals surface area contributed by atoms with Crippen LogP contribution in [0.4, 0.5) is 0 Å². The quantitative estimate of drug-likeness (QED) is 0.643. The normalized spacial score (nSPS) is 28.5. The minimum Gasteiger partial charge on any atom is -0.508 e. The number of halogens is 1. The lowest BCUT2D eigenvalue weighted by Gasteiger charge is -2.48. The van der Waals surface area contributed by atoms with Crippen LogP contribution >= 0.6 is 15.9 Å². The zero-order valence-corrected chi connectivity index (χ0v) is 17.4. The Hall–Kier alpha value is -1.03. The number of benzene rings is 1. The van der Waals surface area contributed by atoms with E-state index in [0.717, 1.165) is 35.9 Å². The van der Waals surface area contributed by atoms with Crippen LogP contribution in [0.5, 0.6) is 11.5 Å². The van der Waals surface area contributed by atoms with Crippen molar-refractivity contribution in [3.8, 4) is 11.5 Å². The number of ether oxygens (including phenoxy) is 1. The van der Waals surface area contributed by atoms with Gasteiger partial charge in [-0.3, -0.25) is 4.79 Å². The molecule has 3 aliphatic rings. The van der Waals surface area contributed by atoms with Gasteiger partial charge in [0, 0.05) is 35.6 Å². The molecular formula is C22H29BrO3. The van der Waals surface area contributed by atoms with Crippen LogP contribution in [-0.2, 0) is 10.2 Å². The highest BCUT2D eigenvalue weighted by atomic mass is 79.9. The van der Waals surface area contributed by atoms with Crippen molar-refractivity contribution in [2.75, 3.05) is 5.33 Å². The van der Waals surface area contributed by atoms with Crippen molar-refractivity contribution in [1.82, 2.24) is 0 Å². The summed E-state index contributed by atoms with van der Waals surface area (Å²) in [5.41, 5.74) is 1.98. The molecule has 0 aromatic heterocycles. The summed E-state index contributed by atoms with van der Waals surface area (Å²) in [5.74, 6) is 1.83. The van der Waals surface area contributed by atoms with Crippen molar-refractivity contribution in [3.05, 3.63) is 23.3 Å². The molecule has 0 saturated heterocycles. The van der Waals surface area contributed by atoms with Gasteiger partial charge in [-0.2, -0.15) is 0 Å². The number of hydrogen-bond donors (Lipinski definition) is 1. The number of alkyl halides is 1. The lowest BCUT2D eigenvalue weighted by molar-refractivity contribution is -0.124. The molecule has 2 atom stereocenters. The summed E-state index contributed by atoms with van der Waals surface area (Å²) in [4.78, 5) is 12.1. The van der Waals surface area contributed by atoms with E-state index in [1.807, 2.05) is 6.07 Å². The summed E-state index contributed by atoms with van der Waals surface area (Å²) in [7, 11) is 0. The zero-order chi connectivity index (χ0) is 18.5. The Kier molecular flexibility index (Phi) is 4.61. The molecule has 1 N–H and O–H groups in total. The molecule has 142 valence electrons. The molecule has 4 heteroatoms. The summed E-state index contributed by atoms with van der Waals surface area (Å²) >= 11 is 3.56. The van der Waals surface area contributed by atoms with E-state index in [0.29, 0.717) is 24.4 Å². The fourth-order valence-electron chi connectivity index (χ4n) is 5.57. The predicted molar refractivity (Wildman–Crippen MR) is 106 cm³/mol. The molecule has 0 radical (unpaired) electrons. The summed E-state index contributed by atoms with van der Waals surface area (Å²) in [6.45, 7) is 4.27. The third kappa shape index (κ3) is 2.89. The van der Waals surface area contributed by atoms with Crippen LogP contribution in [0.1, 0.15) is 82.3 Å². The van der Waals surface area contributed by atoms with Crippen LogP contribution in [-0.4, -0.2) is 21.8 Å². The number of fused-ring (bicyclic) bond motifs is 3. The molecule has 3 nitrogen and oxygen atoms in total. The molecule has 4 rings (SSSR count). The molecule has 2 saturated carbocycles. The second-order valence-corrected chi connectivity index (χ2v) is 9.83. The first-order valence-electron chi connectivity index (χ1n) is 10.0. The topological polar surface area (TPSA) is 46.5 Å². The van der Waals surface area contributed by atoms with Crippen molar-refractivity contribution < 1.29 is 14.6 Å². The SMILES string of the molecule is CC1(C)Oc2cc(C3(CCCBr)CCC3)cc(O)c2[C@@H]2CC(=O)CC[C@H]21. The van der Waals surface area contributed by atoms with Gasteiger partial charge in [0.1, 0.15) is 22.9 Å². The summed E-state index contributed by atoms with van der Waals surface area (Å²) in [6, 6.07) is 4.16. The number of hydrogen-bond acceptors (Lipinski definition) is 3. The van der Waals surface area contributed by atoms with Gasteiger partial charge in [0.25, 0.3) is 0 Å². The van der Waals surface area contributed by atoms with Crippen molar-refractivity contribution in [2.24, 2.45) is 5.92 Å². The maximum atomic E-state index is 12.1. The molecule has 1 heterocycles. The lowest BCUT2D eigenvalue weighted by Crippen LogP contribution is -2.47. The minimum absolute atomic E-state index is 0.0870. The Balaban J connectivity index is 1.76. The Bertz CT molecular complexity index is 720. The Morgan fingerprint density at radius 1 is 1.31 bits per heavy atom. The van der Waals surface area contributed by atoms with Crippen LogP contribution in [0, 0.1) is 5.92 Å². The van der Waals surface area contributed by atoms with Crippen LogP contribution < -0.4 is 4.74 Å². The van der Waals surface area contributed by atoms with E-state index in [2.05, 4.69) is 35.8 Å². The predicted octanol–water partition coefficient (Wildman–Crippen LogP) is 5.61. The number of ketones is 1. The molecular weight excluding hydrogens is 392 g/mol. The minimum atomic E-state index is -0.300. The number of phenolic OH excluding ortho intramolecular Hbond substituents is 1. The average molecular weight is 421 g/mol. The molecule has 0 amide bonds. The maximum absolute atomic E-state index is 12.1. The summed E-state index contributed by atoms with van der Waals surface area (Å²) in [6.07, 6.45) is 7.94. The average Bonchev–Trinajstić information content (AvgIpc) is 2.52. The number of phenols is 1. The Morgan fingerprint density at radius 2 is 2.08 bits per heavy atom. The van der Waals surface area contributed by atoms with Gasteiger partial charge < -0.3 is 9.84 Å². The van der Waals surface area contributed by atoms with Gasteiger partial charge in [0.15, 0.2) is 0 Å². The van der Waals surface area contributed by atoms with Crippen LogP contribution in [0.25, 0.3) is 0 Å². The van der Waals surface area contributed by atoms with Crippen LogP contribution in [0.2, 0.25) is 0 Å². The van der Waals surface area contributed by atoms with Crippen LogP contribution in [0.15, 0.2) is 12.1 Å². The van der Waals surface area contributed by atoms with E-state index in [-0.39, 0.29) is 22.9 Å². The van der Waals surface area contributed by atoms with Gasteiger partial charge in [-0.05, 0) is 69.1 Å². The van der Waals surface area contributed by atoms with Crippen molar-refractivity contribution in [2.45, 2.75) is 82.1 Å². The van der Waals surface area contributed by atoms with E-state index in [1.165, 1.54) is 24.8 Å². The molecule has 0 unspecified atom stereocenters. The first kappa shape index (κ1) is 18.3. The maximum Gasteiger partial charge on any atom is 0.133 e. The monoisotopic (exact) mass is 420 g/mol. The van der Waals surface area contributed by atoms with Gasteiger partial charge in [-0.25, -0.2) is 0 Å². The molecule has 1 aromatic rings. The van der Waals surface area contributed by atoms with Crippen molar-refractivity contribution in [1.29, 1.82) is 0 Å². The lowest BCUT2D eigenvalue weighted by atomic mass is 9.61. The number of aromatic hydroxyl groups is 1. The summed E-state index contributed by atoms with van der Waals surface area (Å²) in [5, 5.41) is 12.0.